The molecule has 0 heterocycles. The number of methoxy groups -OCH3 is 1. The Labute approximate surface area is 137 Å². The third-order valence-electron chi connectivity index (χ3n) is 3.34. The summed E-state index contributed by atoms with van der Waals surface area (Å²) in [5.74, 6) is 0.567. The van der Waals surface area contributed by atoms with Gasteiger partial charge in [0.05, 0.1) is 7.11 Å². The molecule has 0 radical (unpaired) electrons. The summed E-state index contributed by atoms with van der Waals surface area (Å²) in [5, 5.41) is 6.32. The molecule has 0 aliphatic carbocycles. The number of rotatable bonds is 4. The lowest BCUT2D eigenvalue weighted by molar-refractivity contribution is 0.102. The molecule has 1 amide bonds. The van der Waals surface area contributed by atoms with Gasteiger partial charge in [0.1, 0.15) is 5.75 Å². The molecule has 2 rings (SSSR count). The van der Waals surface area contributed by atoms with E-state index in [0.717, 1.165) is 11.3 Å². The van der Waals surface area contributed by atoms with Gasteiger partial charge < -0.3 is 15.4 Å². The molecule has 122 valence electrons. The number of carbonyl (C=O) groups is 1. The molecule has 2 aromatic rings. The summed E-state index contributed by atoms with van der Waals surface area (Å²) in [5.41, 5.74) is 3.34. The molecule has 0 aliphatic heterocycles. The Bertz CT molecular complexity index is 703. The van der Waals surface area contributed by atoms with E-state index >= 15 is 0 Å². The van der Waals surface area contributed by atoms with Crippen molar-refractivity contribution in [3.05, 3.63) is 53.6 Å². The number of amides is 1. The van der Waals surface area contributed by atoms with Gasteiger partial charge in [0.15, 0.2) is 0 Å². The zero-order chi connectivity index (χ0) is 17.0. The summed E-state index contributed by atoms with van der Waals surface area (Å²) in [6.45, 7) is 8.30. The van der Waals surface area contributed by atoms with E-state index in [1.165, 1.54) is 0 Å². The lowest BCUT2D eigenvalue weighted by Crippen LogP contribution is -2.26. The lowest BCUT2D eigenvalue weighted by atomic mass is 10.0. The molecule has 0 saturated heterocycles. The van der Waals surface area contributed by atoms with Crippen molar-refractivity contribution in [2.45, 2.75) is 33.2 Å². The van der Waals surface area contributed by atoms with Crippen molar-refractivity contribution in [2.24, 2.45) is 0 Å². The van der Waals surface area contributed by atoms with E-state index in [-0.39, 0.29) is 11.4 Å². The fourth-order valence-electron chi connectivity index (χ4n) is 2.21. The largest absolute Gasteiger partial charge is 0.497 e. The highest BCUT2D eigenvalue weighted by Crippen LogP contribution is 2.22. The predicted octanol–water partition coefficient (Wildman–Crippen LogP) is 4.47. The molecule has 0 saturated carbocycles. The predicted molar refractivity (Wildman–Crippen MR) is 95.5 cm³/mol. The second-order valence-corrected chi connectivity index (χ2v) is 6.59. The van der Waals surface area contributed by atoms with Crippen LogP contribution in [0.15, 0.2) is 42.5 Å². The Morgan fingerprint density at radius 1 is 1.09 bits per heavy atom. The minimum Gasteiger partial charge on any atom is -0.497 e. The van der Waals surface area contributed by atoms with Gasteiger partial charge in [0.2, 0.25) is 0 Å². The van der Waals surface area contributed by atoms with Gasteiger partial charge in [-0.3, -0.25) is 4.79 Å². The van der Waals surface area contributed by atoms with Gasteiger partial charge >= 0.3 is 0 Å². The number of hydrogen-bond donors (Lipinski definition) is 2. The van der Waals surface area contributed by atoms with E-state index < -0.39 is 0 Å². The van der Waals surface area contributed by atoms with Crippen molar-refractivity contribution in [1.29, 1.82) is 0 Å². The van der Waals surface area contributed by atoms with Crippen LogP contribution >= 0.6 is 0 Å². The van der Waals surface area contributed by atoms with Crippen LogP contribution in [0.5, 0.6) is 5.75 Å². The Kier molecular flexibility index (Phi) is 4.94. The van der Waals surface area contributed by atoms with Gasteiger partial charge in [-0.25, -0.2) is 0 Å². The van der Waals surface area contributed by atoms with Crippen molar-refractivity contribution >= 4 is 17.3 Å². The van der Waals surface area contributed by atoms with Crippen LogP contribution in [0.2, 0.25) is 0 Å². The van der Waals surface area contributed by atoms with Crippen LogP contribution in [0.1, 0.15) is 36.7 Å². The Hall–Kier alpha value is -2.49. The molecule has 0 spiro atoms. The summed E-state index contributed by atoms with van der Waals surface area (Å²) in [6, 6.07) is 13.0. The van der Waals surface area contributed by atoms with Crippen LogP contribution in [-0.2, 0) is 0 Å². The molecular weight excluding hydrogens is 288 g/mol. The van der Waals surface area contributed by atoms with E-state index in [9.17, 15) is 4.79 Å². The third-order valence-corrected chi connectivity index (χ3v) is 3.34. The molecule has 0 bridgehead atoms. The zero-order valence-electron chi connectivity index (χ0n) is 14.4. The van der Waals surface area contributed by atoms with E-state index in [2.05, 4.69) is 31.4 Å². The van der Waals surface area contributed by atoms with E-state index in [0.29, 0.717) is 17.0 Å². The van der Waals surface area contributed by atoms with E-state index in [1.54, 1.807) is 13.2 Å². The molecule has 2 aromatic carbocycles. The average Bonchev–Trinajstić information content (AvgIpc) is 2.48. The molecule has 0 atom stereocenters. The van der Waals surface area contributed by atoms with Crippen molar-refractivity contribution in [1.82, 2.24) is 0 Å². The van der Waals surface area contributed by atoms with Crippen LogP contribution in [0.3, 0.4) is 0 Å². The van der Waals surface area contributed by atoms with Crippen molar-refractivity contribution in [3.63, 3.8) is 0 Å². The smallest absolute Gasteiger partial charge is 0.255 e. The summed E-state index contributed by atoms with van der Waals surface area (Å²) in [6.07, 6.45) is 0. The molecule has 2 N–H and O–H groups in total. The minimum absolute atomic E-state index is 0.0628. The number of anilines is 2. The number of ether oxygens (including phenoxy) is 1. The van der Waals surface area contributed by atoms with Gasteiger partial charge in [-0.1, -0.05) is 12.1 Å². The molecule has 4 nitrogen and oxygen atoms in total. The monoisotopic (exact) mass is 312 g/mol. The quantitative estimate of drug-likeness (QED) is 0.876. The standard InChI is InChI=1S/C19H24N2O2/c1-13-9-10-14(11-17(13)21-19(2,3)4)18(22)20-15-7-6-8-16(12-15)23-5/h6-12,21H,1-5H3,(H,20,22). The zero-order valence-corrected chi connectivity index (χ0v) is 14.4. The SMILES string of the molecule is COc1cccc(NC(=O)c2ccc(C)c(NC(C)(C)C)c2)c1. The first-order valence-corrected chi connectivity index (χ1v) is 7.63. The van der Waals surface area contributed by atoms with Gasteiger partial charge in [0.25, 0.3) is 5.91 Å². The van der Waals surface area contributed by atoms with Gasteiger partial charge in [-0.05, 0) is 57.5 Å². The minimum atomic E-state index is -0.143. The van der Waals surface area contributed by atoms with Gasteiger partial charge in [0, 0.05) is 28.5 Å². The highest BCUT2D eigenvalue weighted by atomic mass is 16.5. The molecule has 0 fully saturated rings. The normalized spacial score (nSPS) is 11.0. The fraction of sp³-hybridized carbons (Fsp3) is 0.316. The molecule has 0 unspecified atom stereocenters. The van der Waals surface area contributed by atoms with Crippen LogP contribution in [-0.4, -0.2) is 18.6 Å². The first-order chi connectivity index (χ1) is 10.8. The second kappa shape index (κ2) is 6.73. The maximum absolute atomic E-state index is 12.5. The van der Waals surface area contributed by atoms with Gasteiger partial charge in [-0.15, -0.1) is 0 Å². The van der Waals surface area contributed by atoms with Crippen LogP contribution in [0.4, 0.5) is 11.4 Å². The van der Waals surface area contributed by atoms with Crippen LogP contribution in [0.25, 0.3) is 0 Å². The summed E-state index contributed by atoms with van der Waals surface area (Å²) in [4.78, 5) is 12.5. The second-order valence-electron chi connectivity index (χ2n) is 6.59. The highest BCUT2D eigenvalue weighted by Gasteiger charge is 2.13. The lowest BCUT2D eigenvalue weighted by Gasteiger charge is -2.24. The average molecular weight is 312 g/mol. The van der Waals surface area contributed by atoms with Crippen LogP contribution in [0, 0.1) is 6.92 Å². The Morgan fingerprint density at radius 3 is 2.48 bits per heavy atom. The highest BCUT2D eigenvalue weighted by molar-refractivity contribution is 6.05. The summed E-state index contributed by atoms with van der Waals surface area (Å²) in [7, 11) is 1.60. The fourth-order valence-corrected chi connectivity index (χ4v) is 2.21. The number of benzene rings is 2. The molecule has 4 heteroatoms. The molecule has 0 aromatic heterocycles. The van der Waals surface area contributed by atoms with E-state index in [4.69, 9.17) is 4.74 Å². The summed E-state index contributed by atoms with van der Waals surface area (Å²) < 4.78 is 5.17. The number of hydrogen-bond acceptors (Lipinski definition) is 3. The maximum Gasteiger partial charge on any atom is 0.255 e. The molecular formula is C19H24N2O2. The van der Waals surface area contributed by atoms with E-state index in [1.807, 2.05) is 43.3 Å². The first-order valence-electron chi connectivity index (χ1n) is 7.63. The molecule has 0 aliphatic rings. The topological polar surface area (TPSA) is 50.4 Å². The maximum atomic E-state index is 12.5. The summed E-state index contributed by atoms with van der Waals surface area (Å²) >= 11 is 0. The number of aryl methyl sites for hydroxylation is 1. The number of nitrogens with one attached hydrogen (secondary N) is 2. The molecule has 23 heavy (non-hydrogen) atoms. The Balaban J connectivity index is 2.20. The van der Waals surface area contributed by atoms with Crippen molar-refractivity contribution < 1.29 is 9.53 Å². The van der Waals surface area contributed by atoms with Crippen LogP contribution < -0.4 is 15.4 Å². The van der Waals surface area contributed by atoms with Gasteiger partial charge in [-0.2, -0.15) is 0 Å². The first kappa shape index (κ1) is 16.9. The third kappa shape index (κ3) is 4.74. The van der Waals surface area contributed by atoms with Crippen molar-refractivity contribution in [3.8, 4) is 5.75 Å². The Morgan fingerprint density at radius 2 is 1.83 bits per heavy atom. The number of carbonyl (C=O) groups excluding carboxylic acids is 1. The van der Waals surface area contributed by atoms with Crippen molar-refractivity contribution in [2.75, 3.05) is 17.7 Å².